The van der Waals surface area contributed by atoms with Crippen molar-refractivity contribution < 1.29 is 9.53 Å². The molecule has 1 aromatic heterocycles. The van der Waals surface area contributed by atoms with Crippen LogP contribution in [-0.2, 0) is 11.2 Å². The molecule has 0 spiro atoms. The Morgan fingerprint density at radius 1 is 1.22 bits per heavy atom. The number of carbonyl (C=O) groups is 1. The van der Waals surface area contributed by atoms with Gasteiger partial charge in [0.25, 0.3) is 0 Å². The number of ether oxygens (including phenoxy) is 1. The molecule has 23 heavy (non-hydrogen) atoms. The summed E-state index contributed by atoms with van der Waals surface area (Å²) < 4.78 is 5.76. The summed E-state index contributed by atoms with van der Waals surface area (Å²) in [6.07, 6.45) is 4.39. The minimum Gasteiger partial charge on any atom is -0.373 e. The van der Waals surface area contributed by atoms with Crippen molar-refractivity contribution >= 4 is 5.78 Å². The van der Waals surface area contributed by atoms with Crippen LogP contribution in [0.5, 0.6) is 0 Å². The number of H-pyrrole nitrogens is 1. The van der Waals surface area contributed by atoms with Crippen molar-refractivity contribution in [2.75, 3.05) is 19.6 Å². The van der Waals surface area contributed by atoms with Crippen molar-refractivity contribution in [1.29, 1.82) is 0 Å². The van der Waals surface area contributed by atoms with Crippen LogP contribution in [0.2, 0.25) is 0 Å². The first-order valence-corrected chi connectivity index (χ1v) is 9.01. The molecule has 1 fully saturated rings. The quantitative estimate of drug-likeness (QED) is 0.780. The molecule has 130 valence electrons. The van der Waals surface area contributed by atoms with Crippen LogP contribution in [-0.4, -0.2) is 47.5 Å². The van der Waals surface area contributed by atoms with E-state index in [0.717, 1.165) is 55.8 Å². The number of aromatic amines is 1. The summed E-state index contributed by atoms with van der Waals surface area (Å²) in [6.45, 7) is 13.2. The van der Waals surface area contributed by atoms with Crippen LogP contribution in [0.1, 0.15) is 67.3 Å². The smallest absolute Gasteiger partial charge is 0.166 e. The Morgan fingerprint density at radius 2 is 1.87 bits per heavy atom. The van der Waals surface area contributed by atoms with Crippen LogP contribution in [0.3, 0.4) is 0 Å². The van der Waals surface area contributed by atoms with Crippen molar-refractivity contribution in [2.45, 2.75) is 72.5 Å². The minimum absolute atomic E-state index is 0.255. The van der Waals surface area contributed by atoms with Crippen LogP contribution in [0.4, 0.5) is 0 Å². The van der Waals surface area contributed by atoms with E-state index in [1.807, 2.05) is 6.92 Å². The molecule has 0 aromatic carbocycles. The molecule has 2 atom stereocenters. The van der Waals surface area contributed by atoms with Gasteiger partial charge in [0.2, 0.25) is 0 Å². The monoisotopic (exact) mass is 320 g/mol. The molecule has 0 radical (unpaired) electrons. The van der Waals surface area contributed by atoms with Gasteiger partial charge in [0.05, 0.1) is 12.2 Å². The fraction of sp³-hybridized carbons (Fsp3) is 0.737. The molecule has 2 unspecified atom stereocenters. The molecule has 1 aliphatic heterocycles. The first kappa shape index (κ1) is 18.2. The van der Waals surface area contributed by atoms with E-state index in [1.165, 1.54) is 5.56 Å². The van der Waals surface area contributed by atoms with Gasteiger partial charge in [-0.3, -0.25) is 9.69 Å². The third kappa shape index (κ3) is 4.67. The molecule has 1 aromatic rings. The Labute approximate surface area is 140 Å². The highest BCUT2D eigenvalue weighted by Crippen LogP contribution is 2.22. The van der Waals surface area contributed by atoms with E-state index in [0.29, 0.717) is 6.42 Å². The van der Waals surface area contributed by atoms with Crippen LogP contribution in [0, 0.1) is 13.8 Å². The van der Waals surface area contributed by atoms with E-state index in [-0.39, 0.29) is 18.0 Å². The van der Waals surface area contributed by atoms with E-state index in [9.17, 15) is 4.79 Å². The van der Waals surface area contributed by atoms with Gasteiger partial charge in [-0.15, -0.1) is 0 Å². The number of aryl methyl sites for hydroxylation is 2. The van der Waals surface area contributed by atoms with Crippen molar-refractivity contribution in [3.05, 3.63) is 22.5 Å². The molecule has 0 bridgehead atoms. The standard InChI is InChI=1S/C19H32N2O2/c1-6-7-8-17-15(4)20-16(5)19(17)18(22)9-10-21-11-13(2)23-14(3)12-21/h13-14,20H,6-12H2,1-5H3. The highest BCUT2D eigenvalue weighted by atomic mass is 16.5. The highest BCUT2D eigenvalue weighted by molar-refractivity contribution is 5.99. The number of hydrogen-bond donors (Lipinski definition) is 1. The first-order valence-electron chi connectivity index (χ1n) is 9.01. The lowest BCUT2D eigenvalue weighted by atomic mass is 9.98. The number of hydrogen-bond acceptors (Lipinski definition) is 3. The molecule has 2 heterocycles. The number of unbranched alkanes of at least 4 members (excludes halogenated alkanes) is 1. The number of nitrogens with zero attached hydrogens (tertiary/aromatic N) is 1. The van der Waals surface area contributed by atoms with E-state index in [1.54, 1.807) is 0 Å². The number of nitrogens with one attached hydrogen (secondary N) is 1. The lowest BCUT2D eigenvalue weighted by molar-refractivity contribution is -0.0675. The number of ketones is 1. The SMILES string of the molecule is CCCCc1c(C)[nH]c(C)c1C(=O)CCN1CC(C)OC(C)C1. The molecule has 0 saturated carbocycles. The summed E-state index contributed by atoms with van der Waals surface area (Å²) in [5.41, 5.74) is 4.37. The molecule has 1 N–H and O–H groups in total. The van der Waals surface area contributed by atoms with Crippen LogP contribution < -0.4 is 0 Å². The number of morpholine rings is 1. The minimum atomic E-state index is 0.255. The largest absolute Gasteiger partial charge is 0.373 e. The van der Waals surface area contributed by atoms with Gasteiger partial charge in [0.1, 0.15) is 0 Å². The van der Waals surface area contributed by atoms with Crippen molar-refractivity contribution in [2.24, 2.45) is 0 Å². The van der Waals surface area contributed by atoms with Gasteiger partial charge in [-0.05, 0) is 46.1 Å². The maximum atomic E-state index is 12.8. The number of Topliss-reactive ketones (excluding diaryl/α,β-unsaturated/α-hetero) is 1. The second-order valence-corrected chi connectivity index (χ2v) is 7.02. The molecule has 1 saturated heterocycles. The summed E-state index contributed by atoms with van der Waals surface area (Å²) in [6, 6.07) is 0. The van der Waals surface area contributed by atoms with E-state index >= 15 is 0 Å². The van der Waals surface area contributed by atoms with Gasteiger partial charge in [0.15, 0.2) is 5.78 Å². The Morgan fingerprint density at radius 3 is 2.48 bits per heavy atom. The molecule has 2 rings (SSSR count). The average molecular weight is 320 g/mol. The van der Waals surface area contributed by atoms with E-state index in [2.05, 4.69) is 37.6 Å². The van der Waals surface area contributed by atoms with E-state index < -0.39 is 0 Å². The number of rotatable bonds is 7. The zero-order valence-corrected chi connectivity index (χ0v) is 15.4. The highest BCUT2D eigenvalue weighted by Gasteiger charge is 2.24. The maximum absolute atomic E-state index is 12.8. The van der Waals surface area contributed by atoms with Crippen LogP contribution >= 0.6 is 0 Å². The predicted octanol–water partition coefficient (Wildman–Crippen LogP) is 3.66. The van der Waals surface area contributed by atoms with E-state index in [4.69, 9.17) is 4.74 Å². The Bertz CT molecular complexity index is 526. The topological polar surface area (TPSA) is 45.3 Å². The van der Waals surface area contributed by atoms with Gasteiger partial charge in [-0.2, -0.15) is 0 Å². The van der Waals surface area contributed by atoms with Crippen molar-refractivity contribution in [3.8, 4) is 0 Å². The van der Waals surface area contributed by atoms with Gasteiger partial charge in [-0.25, -0.2) is 0 Å². The number of carbonyl (C=O) groups excluding carboxylic acids is 1. The molecular formula is C19H32N2O2. The normalized spacial score (nSPS) is 22.5. The zero-order chi connectivity index (χ0) is 17.0. The average Bonchev–Trinajstić information content (AvgIpc) is 2.75. The summed E-state index contributed by atoms with van der Waals surface area (Å²) in [7, 11) is 0. The number of aromatic nitrogens is 1. The fourth-order valence-electron chi connectivity index (χ4n) is 3.73. The van der Waals surface area contributed by atoms with Crippen LogP contribution in [0.15, 0.2) is 0 Å². The summed E-state index contributed by atoms with van der Waals surface area (Å²) in [5, 5.41) is 0. The predicted molar refractivity (Wildman–Crippen MR) is 94.3 cm³/mol. The molecule has 0 aliphatic carbocycles. The fourth-order valence-corrected chi connectivity index (χ4v) is 3.73. The molecule has 4 nitrogen and oxygen atoms in total. The van der Waals surface area contributed by atoms with Gasteiger partial charge in [0, 0.05) is 43.0 Å². The maximum Gasteiger partial charge on any atom is 0.166 e. The van der Waals surface area contributed by atoms with Crippen molar-refractivity contribution in [1.82, 2.24) is 9.88 Å². The van der Waals surface area contributed by atoms with Gasteiger partial charge in [-0.1, -0.05) is 13.3 Å². The summed E-state index contributed by atoms with van der Waals surface area (Å²) in [5.74, 6) is 0.282. The third-order valence-corrected chi connectivity index (χ3v) is 4.71. The Hall–Kier alpha value is -1.13. The lowest BCUT2D eigenvalue weighted by Crippen LogP contribution is -2.46. The van der Waals surface area contributed by atoms with Gasteiger partial charge >= 0.3 is 0 Å². The molecule has 0 amide bonds. The second-order valence-electron chi connectivity index (χ2n) is 7.02. The Balaban J connectivity index is 2.00. The summed E-state index contributed by atoms with van der Waals surface area (Å²) >= 11 is 0. The summed E-state index contributed by atoms with van der Waals surface area (Å²) in [4.78, 5) is 18.5. The van der Waals surface area contributed by atoms with Crippen LogP contribution in [0.25, 0.3) is 0 Å². The van der Waals surface area contributed by atoms with Gasteiger partial charge < -0.3 is 9.72 Å². The lowest BCUT2D eigenvalue weighted by Gasteiger charge is -2.35. The molecule has 1 aliphatic rings. The van der Waals surface area contributed by atoms with Crippen molar-refractivity contribution in [3.63, 3.8) is 0 Å². The molecule has 4 heteroatoms. The Kier molecular flexibility index (Phi) is 6.42. The zero-order valence-electron chi connectivity index (χ0n) is 15.4. The second kappa shape index (κ2) is 8.11. The first-order chi connectivity index (χ1) is 10.9. The molecular weight excluding hydrogens is 288 g/mol. The third-order valence-electron chi connectivity index (χ3n) is 4.71.